The molecule has 0 saturated heterocycles. The number of terminal acetylenes is 1. The van der Waals surface area contributed by atoms with Gasteiger partial charge in [-0.15, -0.1) is 12.3 Å². The lowest BCUT2D eigenvalue weighted by Crippen LogP contribution is -2.37. The van der Waals surface area contributed by atoms with Crippen molar-refractivity contribution in [3.05, 3.63) is 0 Å². The predicted octanol–water partition coefficient (Wildman–Crippen LogP) is 1.95. The number of aliphatic hydroxyl groups excluding tert-OH is 1. The van der Waals surface area contributed by atoms with E-state index in [4.69, 9.17) is 6.42 Å². The molecule has 13 heavy (non-hydrogen) atoms. The number of unbranched alkanes of at least 4 members (excludes halogenated alkanes) is 1. The van der Waals surface area contributed by atoms with E-state index in [2.05, 4.69) is 24.7 Å². The quantitative estimate of drug-likeness (QED) is 0.503. The zero-order chi connectivity index (χ0) is 9.73. The van der Waals surface area contributed by atoms with Crippen LogP contribution in [-0.2, 0) is 0 Å². The van der Waals surface area contributed by atoms with Crippen LogP contribution in [-0.4, -0.2) is 11.2 Å². The Labute approximate surface area is 80.5 Å². The summed E-state index contributed by atoms with van der Waals surface area (Å²) in [4.78, 5) is 0. The van der Waals surface area contributed by atoms with Crippen molar-refractivity contribution in [3.8, 4) is 24.2 Å². The van der Waals surface area contributed by atoms with E-state index in [-0.39, 0.29) is 5.41 Å². The van der Waals surface area contributed by atoms with Crippen LogP contribution in [0.4, 0.5) is 0 Å². The van der Waals surface area contributed by atoms with E-state index in [1.807, 2.05) is 0 Å². The maximum absolute atomic E-state index is 9.70. The van der Waals surface area contributed by atoms with Gasteiger partial charge in [0.1, 0.15) is 6.10 Å². The molecule has 1 nitrogen and oxygen atoms in total. The molecular weight excluding hydrogens is 160 g/mol. The third kappa shape index (κ3) is 2.51. The van der Waals surface area contributed by atoms with Crippen molar-refractivity contribution in [1.29, 1.82) is 0 Å². The highest BCUT2D eigenvalue weighted by Crippen LogP contribution is 2.43. The molecule has 0 aliphatic heterocycles. The van der Waals surface area contributed by atoms with Gasteiger partial charge in [-0.05, 0) is 12.8 Å². The molecule has 1 aliphatic rings. The van der Waals surface area contributed by atoms with Crippen LogP contribution in [0.1, 0.15) is 39.0 Å². The van der Waals surface area contributed by atoms with Crippen molar-refractivity contribution < 1.29 is 5.11 Å². The number of hydrogen-bond acceptors (Lipinski definition) is 1. The first kappa shape index (κ1) is 10.2. The molecule has 1 heteroatoms. The van der Waals surface area contributed by atoms with E-state index in [1.54, 1.807) is 0 Å². The molecule has 0 amide bonds. The van der Waals surface area contributed by atoms with E-state index >= 15 is 0 Å². The van der Waals surface area contributed by atoms with E-state index in [1.165, 1.54) is 6.42 Å². The van der Waals surface area contributed by atoms with Crippen molar-refractivity contribution in [2.24, 2.45) is 5.41 Å². The summed E-state index contributed by atoms with van der Waals surface area (Å²) in [6, 6.07) is 0. The van der Waals surface area contributed by atoms with Gasteiger partial charge in [-0.1, -0.05) is 25.2 Å². The summed E-state index contributed by atoms with van der Waals surface area (Å²) in [6.07, 6.45) is 9.42. The van der Waals surface area contributed by atoms with Crippen LogP contribution in [0.5, 0.6) is 0 Å². The summed E-state index contributed by atoms with van der Waals surface area (Å²) >= 11 is 0. The third-order valence-corrected chi connectivity index (χ3v) is 2.79. The molecule has 0 aromatic carbocycles. The predicted molar refractivity (Wildman–Crippen MR) is 53.8 cm³/mol. The smallest absolute Gasteiger partial charge is 0.120 e. The minimum atomic E-state index is -0.459. The molecule has 1 unspecified atom stereocenters. The second-order valence-corrected chi connectivity index (χ2v) is 3.94. The fourth-order valence-corrected chi connectivity index (χ4v) is 1.49. The molecule has 1 saturated carbocycles. The Morgan fingerprint density at radius 2 is 2.15 bits per heavy atom. The maximum Gasteiger partial charge on any atom is 0.120 e. The summed E-state index contributed by atoms with van der Waals surface area (Å²) in [7, 11) is 0. The summed E-state index contributed by atoms with van der Waals surface area (Å²) < 4.78 is 0. The van der Waals surface area contributed by atoms with Crippen molar-refractivity contribution in [3.63, 3.8) is 0 Å². The number of hydrogen-bond donors (Lipinski definition) is 1. The van der Waals surface area contributed by atoms with Gasteiger partial charge < -0.3 is 5.11 Å². The molecule has 1 fully saturated rings. The molecule has 0 spiro atoms. The minimum Gasteiger partial charge on any atom is -0.380 e. The Morgan fingerprint density at radius 1 is 1.46 bits per heavy atom. The summed E-state index contributed by atoms with van der Waals surface area (Å²) in [5.41, 5.74) is 0.0587. The van der Waals surface area contributed by atoms with Crippen LogP contribution in [0.3, 0.4) is 0 Å². The van der Waals surface area contributed by atoms with Crippen molar-refractivity contribution >= 4 is 0 Å². The van der Waals surface area contributed by atoms with Gasteiger partial charge in [0.25, 0.3) is 0 Å². The highest BCUT2D eigenvalue weighted by molar-refractivity contribution is 5.12. The van der Waals surface area contributed by atoms with Crippen LogP contribution < -0.4 is 0 Å². The van der Waals surface area contributed by atoms with E-state index in [0.29, 0.717) is 12.8 Å². The van der Waals surface area contributed by atoms with Crippen LogP contribution in [0.15, 0.2) is 0 Å². The first-order valence-corrected chi connectivity index (χ1v) is 4.79. The molecular formula is C12H16O. The highest BCUT2D eigenvalue weighted by atomic mass is 16.3. The average Bonchev–Trinajstić information content (AvgIpc) is 2.08. The average molecular weight is 176 g/mol. The summed E-state index contributed by atoms with van der Waals surface area (Å²) in [5.74, 6) is 8.31. The molecule has 0 heterocycles. The topological polar surface area (TPSA) is 20.2 Å². The monoisotopic (exact) mass is 176 g/mol. The molecule has 1 atom stereocenters. The minimum absolute atomic E-state index is 0.0587. The van der Waals surface area contributed by atoms with Crippen LogP contribution in [0.25, 0.3) is 0 Å². The van der Waals surface area contributed by atoms with Crippen molar-refractivity contribution in [2.75, 3.05) is 0 Å². The molecule has 1 N–H and O–H groups in total. The number of rotatable bonds is 2. The zero-order valence-electron chi connectivity index (χ0n) is 8.14. The highest BCUT2D eigenvalue weighted by Gasteiger charge is 2.37. The van der Waals surface area contributed by atoms with Gasteiger partial charge in [-0.25, -0.2) is 0 Å². The van der Waals surface area contributed by atoms with E-state index < -0.39 is 6.10 Å². The van der Waals surface area contributed by atoms with Crippen LogP contribution in [0.2, 0.25) is 0 Å². The van der Waals surface area contributed by atoms with Gasteiger partial charge in [0.2, 0.25) is 0 Å². The van der Waals surface area contributed by atoms with Crippen molar-refractivity contribution in [1.82, 2.24) is 0 Å². The fourth-order valence-electron chi connectivity index (χ4n) is 1.49. The Morgan fingerprint density at radius 3 is 2.62 bits per heavy atom. The molecule has 1 aliphatic carbocycles. The lowest BCUT2D eigenvalue weighted by Gasteiger charge is -2.40. The van der Waals surface area contributed by atoms with Gasteiger partial charge in [0, 0.05) is 18.3 Å². The zero-order valence-corrected chi connectivity index (χ0v) is 8.14. The number of aliphatic hydroxyl groups is 1. The molecule has 0 radical (unpaired) electrons. The largest absolute Gasteiger partial charge is 0.380 e. The Hall–Kier alpha value is -0.920. The van der Waals surface area contributed by atoms with Crippen molar-refractivity contribution in [2.45, 2.75) is 45.1 Å². The first-order chi connectivity index (χ1) is 6.19. The lowest BCUT2D eigenvalue weighted by molar-refractivity contribution is 0.0175. The summed E-state index contributed by atoms with van der Waals surface area (Å²) in [5, 5.41) is 9.70. The molecule has 1 rings (SSSR count). The Bertz CT molecular complexity index is 257. The molecule has 0 bridgehead atoms. The lowest BCUT2D eigenvalue weighted by atomic mass is 9.67. The standard InChI is InChI=1S/C12H16O/c1-3-4-5-6-8-11(13)12(2)9-7-10-12/h1,11,13H,4-5,7,9-10H2,2H3. The Kier molecular flexibility index (Phi) is 3.40. The second-order valence-electron chi connectivity index (χ2n) is 3.94. The van der Waals surface area contributed by atoms with Gasteiger partial charge in [0.05, 0.1) is 0 Å². The third-order valence-electron chi connectivity index (χ3n) is 2.79. The van der Waals surface area contributed by atoms with Gasteiger partial charge in [0.15, 0.2) is 0 Å². The Balaban J connectivity index is 2.34. The molecule has 0 aromatic heterocycles. The van der Waals surface area contributed by atoms with E-state index in [9.17, 15) is 5.11 Å². The van der Waals surface area contributed by atoms with E-state index in [0.717, 1.165) is 12.8 Å². The van der Waals surface area contributed by atoms with Gasteiger partial charge in [-0.2, -0.15) is 0 Å². The van der Waals surface area contributed by atoms with Gasteiger partial charge in [-0.3, -0.25) is 0 Å². The normalized spacial score (nSPS) is 20.4. The maximum atomic E-state index is 9.70. The SMILES string of the molecule is C#CCCC#CC(O)C1(C)CCC1. The fraction of sp³-hybridized carbons (Fsp3) is 0.667. The van der Waals surface area contributed by atoms with Crippen LogP contribution in [0, 0.1) is 29.6 Å². The summed E-state index contributed by atoms with van der Waals surface area (Å²) in [6.45, 7) is 2.09. The second kappa shape index (κ2) is 4.35. The van der Waals surface area contributed by atoms with Gasteiger partial charge >= 0.3 is 0 Å². The molecule has 70 valence electrons. The first-order valence-electron chi connectivity index (χ1n) is 4.79. The molecule has 0 aromatic rings. The van der Waals surface area contributed by atoms with Crippen LogP contribution >= 0.6 is 0 Å².